The van der Waals surface area contributed by atoms with Gasteiger partial charge in [0.2, 0.25) is 5.91 Å². The highest BCUT2D eigenvalue weighted by Crippen LogP contribution is 2.20. The quantitative estimate of drug-likeness (QED) is 0.882. The van der Waals surface area contributed by atoms with E-state index in [4.69, 9.17) is 11.6 Å². The van der Waals surface area contributed by atoms with Crippen LogP contribution in [0.2, 0.25) is 5.02 Å². The third-order valence-electron chi connectivity index (χ3n) is 3.97. The Morgan fingerprint density at radius 3 is 2.79 bits per heavy atom. The second kappa shape index (κ2) is 7.00. The Kier molecular flexibility index (Phi) is 4.80. The lowest BCUT2D eigenvalue weighted by molar-refractivity contribution is -0.128. The van der Waals surface area contributed by atoms with Gasteiger partial charge in [0.25, 0.3) is 5.91 Å². The normalized spacial score (nSPS) is 17.3. The topological polar surface area (TPSA) is 80.1 Å². The van der Waals surface area contributed by atoms with Crippen LogP contribution >= 0.6 is 11.6 Å². The van der Waals surface area contributed by atoms with E-state index in [1.165, 1.54) is 4.68 Å². The first kappa shape index (κ1) is 16.4. The molecular weight excluding hydrogens is 330 g/mol. The molecule has 0 radical (unpaired) electrons. The Morgan fingerprint density at radius 2 is 2.12 bits per heavy atom. The van der Waals surface area contributed by atoms with Crippen molar-refractivity contribution in [1.82, 2.24) is 25.2 Å². The highest BCUT2D eigenvalue weighted by molar-refractivity contribution is 6.30. The summed E-state index contributed by atoms with van der Waals surface area (Å²) in [5.74, 6) is -0.0687. The van der Waals surface area contributed by atoms with E-state index in [1.54, 1.807) is 13.2 Å². The van der Waals surface area contributed by atoms with Crippen LogP contribution in [-0.2, 0) is 18.4 Å². The number of rotatable bonds is 5. The van der Waals surface area contributed by atoms with E-state index in [0.717, 1.165) is 5.56 Å². The minimum absolute atomic E-state index is 0.101. The van der Waals surface area contributed by atoms with Crippen molar-refractivity contribution in [1.29, 1.82) is 0 Å². The Balaban J connectivity index is 1.51. The van der Waals surface area contributed by atoms with Gasteiger partial charge in [-0.2, -0.15) is 0 Å². The molecule has 8 heteroatoms. The molecule has 0 spiro atoms. The van der Waals surface area contributed by atoms with Crippen molar-refractivity contribution >= 4 is 23.4 Å². The molecule has 0 aliphatic carbocycles. The van der Waals surface area contributed by atoms with Gasteiger partial charge in [-0.1, -0.05) is 28.9 Å². The van der Waals surface area contributed by atoms with Crippen LogP contribution in [0.5, 0.6) is 0 Å². The summed E-state index contributed by atoms with van der Waals surface area (Å²) in [6.45, 7) is 1.63. The second-order valence-corrected chi connectivity index (χ2v) is 6.39. The number of halogens is 1. The zero-order valence-electron chi connectivity index (χ0n) is 13.3. The van der Waals surface area contributed by atoms with Crippen LogP contribution in [0.1, 0.15) is 22.5 Å². The van der Waals surface area contributed by atoms with Gasteiger partial charge in [-0.3, -0.25) is 14.3 Å². The number of aryl methyl sites for hydroxylation is 1. The van der Waals surface area contributed by atoms with E-state index in [9.17, 15) is 9.59 Å². The van der Waals surface area contributed by atoms with E-state index >= 15 is 0 Å². The number of carbonyl (C=O) groups is 2. The Bertz CT molecular complexity index is 743. The fourth-order valence-corrected chi connectivity index (χ4v) is 2.86. The molecule has 1 aromatic heterocycles. The maximum atomic E-state index is 12.1. The van der Waals surface area contributed by atoms with Crippen LogP contribution in [0.3, 0.4) is 0 Å². The highest BCUT2D eigenvalue weighted by Gasteiger charge is 2.29. The van der Waals surface area contributed by atoms with Crippen molar-refractivity contribution in [2.24, 2.45) is 13.0 Å². The van der Waals surface area contributed by atoms with Gasteiger partial charge >= 0.3 is 0 Å². The number of nitrogens with zero attached hydrogens (tertiary/aromatic N) is 4. The summed E-state index contributed by atoms with van der Waals surface area (Å²) in [6.07, 6.45) is 2.00. The molecule has 1 N–H and O–H groups in total. The zero-order chi connectivity index (χ0) is 17.1. The van der Waals surface area contributed by atoms with E-state index < -0.39 is 0 Å². The highest BCUT2D eigenvalue weighted by atomic mass is 35.5. The lowest BCUT2D eigenvalue weighted by atomic mass is 10.1. The maximum absolute atomic E-state index is 12.1. The molecule has 1 unspecified atom stereocenters. The largest absolute Gasteiger partial charge is 0.350 e. The van der Waals surface area contributed by atoms with Crippen LogP contribution in [0.25, 0.3) is 0 Å². The Morgan fingerprint density at radius 1 is 1.38 bits per heavy atom. The lowest BCUT2D eigenvalue weighted by Gasteiger charge is -2.17. The number of amides is 2. The number of benzene rings is 1. The van der Waals surface area contributed by atoms with Crippen molar-refractivity contribution in [2.45, 2.75) is 13.0 Å². The van der Waals surface area contributed by atoms with Gasteiger partial charge < -0.3 is 10.2 Å². The van der Waals surface area contributed by atoms with Gasteiger partial charge in [0, 0.05) is 44.0 Å². The Labute approximate surface area is 144 Å². The lowest BCUT2D eigenvalue weighted by Crippen LogP contribution is -2.31. The molecule has 7 nitrogen and oxygen atoms in total. The summed E-state index contributed by atoms with van der Waals surface area (Å²) in [4.78, 5) is 25.9. The molecule has 3 rings (SSSR count). The van der Waals surface area contributed by atoms with Crippen molar-refractivity contribution in [3.8, 4) is 0 Å². The van der Waals surface area contributed by atoms with Gasteiger partial charge in [-0.05, 0) is 17.7 Å². The summed E-state index contributed by atoms with van der Waals surface area (Å²) < 4.78 is 1.47. The van der Waals surface area contributed by atoms with E-state index in [1.807, 2.05) is 29.2 Å². The van der Waals surface area contributed by atoms with Gasteiger partial charge in [-0.15, -0.1) is 5.10 Å². The first-order valence-corrected chi connectivity index (χ1v) is 8.06. The number of hydrogen-bond donors (Lipinski definition) is 1. The molecule has 2 amide bonds. The van der Waals surface area contributed by atoms with Crippen molar-refractivity contribution in [3.63, 3.8) is 0 Å². The van der Waals surface area contributed by atoms with Crippen LogP contribution in [-0.4, -0.2) is 44.8 Å². The van der Waals surface area contributed by atoms with E-state index in [-0.39, 0.29) is 23.4 Å². The zero-order valence-corrected chi connectivity index (χ0v) is 14.0. The molecule has 1 fully saturated rings. The number of carbonyl (C=O) groups excluding carboxylic acids is 2. The minimum Gasteiger partial charge on any atom is -0.350 e. The van der Waals surface area contributed by atoms with Crippen molar-refractivity contribution in [3.05, 3.63) is 46.7 Å². The number of aromatic nitrogens is 3. The molecule has 24 heavy (non-hydrogen) atoms. The fraction of sp³-hybridized carbons (Fsp3) is 0.375. The average Bonchev–Trinajstić information content (AvgIpc) is 3.14. The molecule has 126 valence electrons. The molecule has 0 bridgehead atoms. The average molecular weight is 348 g/mol. The van der Waals surface area contributed by atoms with Crippen LogP contribution in [0.4, 0.5) is 0 Å². The van der Waals surface area contributed by atoms with Crippen molar-refractivity contribution in [2.75, 3.05) is 13.1 Å². The molecule has 1 aliphatic rings. The summed E-state index contributed by atoms with van der Waals surface area (Å²) in [7, 11) is 1.70. The molecule has 1 aliphatic heterocycles. The third kappa shape index (κ3) is 3.91. The van der Waals surface area contributed by atoms with Gasteiger partial charge in [-0.25, -0.2) is 0 Å². The monoisotopic (exact) mass is 347 g/mol. The van der Waals surface area contributed by atoms with Gasteiger partial charge in [0.05, 0.1) is 6.20 Å². The molecule has 1 aromatic carbocycles. The number of nitrogens with one attached hydrogen (secondary N) is 1. The summed E-state index contributed by atoms with van der Waals surface area (Å²) >= 11 is 5.87. The molecule has 0 saturated carbocycles. The number of likely N-dealkylation sites (tertiary alicyclic amines) is 1. The third-order valence-corrected chi connectivity index (χ3v) is 4.22. The summed E-state index contributed by atoms with van der Waals surface area (Å²) in [5, 5.41) is 11.0. The van der Waals surface area contributed by atoms with E-state index in [2.05, 4.69) is 15.6 Å². The fourth-order valence-electron chi connectivity index (χ4n) is 2.73. The summed E-state index contributed by atoms with van der Waals surface area (Å²) in [5.41, 5.74) is 1.32. The first-order valence-electron chi connectivity index (χ1n) is 7.68. The second-order valence-electron chi connectivity index (χ2n) is 5.96. The van der Waals surface area contributed by atoms with Crippen LogP contribution in [0, 0.1) is 5.92 Å². The standard InChI is InChI=1S/C16H18ClN5O2/c1-21-10-14(19-20-21)16(24)18-7-12-6-15(23)22(9-12)8-11-2-4-13(17)5-3-11/h2-5,10,12H,6-9H2,1H3,(H,18,24). The number of hydrogen-bond acceptors (Lipinski definition) is 4. The van der Waals surface area contributed by atoms with Crippen LogP contribution < -0.4 is 5.32 Å². The smallest absolute Gasteiger partial charge is 0.273 e. The van der Waals surface area contributed by atoms with Gasteiger partial charge in [0.1, 0.15) is 0 Å². The summed E-state index contributed by atoms with van der Waals surface area (Å²) in [6, 6.07) is 7.46. The molecule has 2 aromatic rings. The van der Waals surface area contributed by atoms with E-state index in [0.29, 0.717) is 31.1 Å². The SMILES string of the molecule is Cn1cc(C(=O)NCC2CC(=O)N(Cc3ccc(Cl)cc3)C2)nn1. The maximum Gasteiger partial charge on any atom is 0.273 e. The molecular formula is C16H18ClN5O2. The molecule has 1 saturated heterocycles. The van der Waals surface area contributed by atoms with Crippen molar-refractivity contribution < 1.29 is 9.59 Å². The van der Waals surface area contributed by atoms with Crippen LogP contribution in [0.15, 0.2) is 30.5 Å². The predicted molar refractivity (Wildman–Crippen MR) is 88.3 cm³/mol. The molecule has 2 heterocycles. The first-order chi connectivity index (χ1) is 11.5. The molecule has 1 atom stereocenters. The predicted octanol–water partition coefficient (Wildman–Crippen LogP) is 1.25. The minimum atomic E-state index is -0.272. The van der Waals surface area contributed by atoms with Gasteiger partial charge in [0.15, 0.2) is 5.69 Å². The Hall–Kier alpha value is -2.41.